The lowest BCUT2D eigenvalue weighted by Gasteiger charge is -2.29. The Kier molecular flexibility index (Phi) is 5.82. The van der Waals surface area contributed by atoms with E-state index in [0.29, 0.717) is 17.3 Å². The van der Waals surface area contributed by atoms with E-state index in [9.17, 15) is 4.79 Å². The minimum atomic E-state index is -0.173. The molecule has 4 nitrogen and oxygen atoms in total. The van der Waals surface area contributed by atoms with Gasteiger partial charge in [-0.1, -0.05) is 35.9 Å². The number of para-hydroxylation sites is 1. The Morgan fingerprint density at radius 2 is 1.76 bits per heavy atom. The summed E-state index contributed by atoms with van der Waals surface area (Å²) >= 11 is 6.09. The van der Waals surface area contributed by atoms with Crippen molar-refractivity contribution >= 4 is 29.0 Å². The predicted molar refractivity (Wildman–Crippen MR) is 104 cm³/mol. The minimum Gasteiger partial charge on any atom is -0.372 e. The molecule has 132 valence electrons. The van der Waals surface area contributed by atoms with E-state index in [1.54, 1.807) is 24.1 Å². The molecular formula is C20H24ClN3O. The number of urea groups is 1. The maximum Gasteiger partial charge on any atom is 0.321 e. The van der Waals surface area contributed by atoms with Crippen LogP contribution in [-0.2, 0) is 6.54 Å². The van der Waals surface area contributed by atoms with Gasteiger partial charge in [0.15, 0.2) is 0 Å². The Balaban J connectivity index is 1.57. The molecule has 3 rings (SSSR count). The van der Waals surface area contributed by atoms with Gasteiger partial charge in [0.05, 0.1) is 10.7 Å². The molecule has 2 aromatic rings. The number of hydrogen-bond acceptors (Lipinski definition) is 2. The molecule has 1 heterocycles. The first-order valence-corrected chi connectivity index (χ1v) is 9.12. The Morgan fingerprint density at radius 1 is 1.08 bits per heavy atom. The van der Waals surface area contributed by atoms with Gasteiger partial charge in [0.2, 0.25) is 0 Å². The molecule has 1 fully saturated rings. The molecule has 0 aromatic heterocycles. The second kappa shape index (κ2) is 8.26. The highest BCUT2D eigenvalue weighted by Crippen LogP contribution is 2.22. The molecule has 0 radical (unpaired) electrons. The van der Waals surface area contributed by atoms with Crippen LogP contribution in [0.4, 0.5) is 16.2 Å². The average Bonchev–Trinajstić information content (AvgIpc) is 2.65. The van der Waals surface area contributed by atoms with Crippen LogP contribution in [0.1, 0.15) is 24.8 Å². The number of piperidine rings is 1. The third kappa shape index (κ3) is 4.67. The van der Waals surface area contributed by atoms with Gasteiger partial charge in [-0.25, -0.2) is 4.79 Å². The maximum absolute atomic E-state index is 12.3. The monoisotopic (exact) mass is 357 g/mol. The molecule has 0 unspecified atom stereocenters. The number of nitrogens with zero attached hydrogens (tertiary/aromatic N) is 2. The second-order valence-electron chi connectivity index (χ2n) is 6.48. The number of halogens is 1. The molecule has 1 saturated heterocycles. The molecule has 5 heteroatoms. The Labute approximate surface area is 154 Å². The molecule has 0 atom stereocenters. The predicted octanol–water partition coefficient (Wildman–Crippen LogP) is 4.99. The van der Waals surface area contributed by atoms with Crippen molar-refractivity contribution in [1.29, 1.82) is 0 Å². The normalized spacial score (nSPS) is 14.2. The van der Waals surface area contributed by atoms with E-state index >= 15 is 0 Å². The van der Waals surface area contributed by atoms with Crippen LogP contribution in [0.25, 0.3) is 0 Å². The van der Waals surface area contributed by atoms with E-state index in [2.05, 4.69) is 34.5 Å². The molecule has 1 N–H and O–H groups in total. The van der Waals surface area contributed by atoms with Crippen LogP contribution in [0.5, 0.6) is 0 Å². The van der Waals surface area contributed by atoms with Crippen LogP contribution >= 0.6 is 11.6 Å². The molecule has 0 spiro atoms. The molecular weight excluding hydrogens is 334 g/mol. The zero-order chi connectivity index (χ0) is 17.6. The topological polar surface area (TPSA) is 35.6 Å². The van der Waals surface area contributed by atoms with Crippen LogP contribution in [0.2, 0.25) is 5.02 Å². The molecule has 2 aromatic carbocycles. The first-order valence-electron chi connectivity index (χ1n) is 8.74. The van der Waals surface area contributed by atoms with Crippen molar-refractivity contribution in [2.75, 3.05) is 30.4 Å². The van der Waals surface area contributed by atoms with Crippen LogP contribution in [0, 0.1) is 0 Å². The number of rotatable bonds is 4. The van der Waals surface area contributed by atoms with Gasteiger partial charge >= 0.3 is 6.03 Å². The number of anilines is 2. The molecule has 1 aliphatic heterocycles. The fraction of sp³-hybridized carbons (Fsp3) is 0.350. The number of hydrogen-bond donors (Lipinski definition) is 1. The van der Waals surface area contributed by atoms with Crippen molar-refractivity contribution in [3.05, 3.63) is 59.1 Å². The smallest absolute Gasteiger partial charge is 0.321 e. The number of carbonyl (C=O) groups is 1. The molecule has 0 bridgehead atoms. The summed E-state index contributed by atoms with van der Waals surface area (Å²) < 4.78 is 0. The zero-order valence-electron chi connectivity index (χ0n) is 14.5. The lowest BCUT2D eigenvalue weighted by Crippen LogP contribution is -2.31. The Morgan fingerprint density at radius 3 is 2.44 bits per heavy atom. The lowest BCUT2D eigenvalue weighted by atomic mass is 10.1. The van der Waals surface area contributed by atoms with E-state index in [0.717, 1.165) is 18.7 Å². The van der Waals surface area contributed by atoms with Crippen molar-refractivity contribution in [2.45, 2.75) is 25.8 Å². The van der Waals surface area contributed by atoms with Gasteiger partial charge < -0.3 is 15.1 Å². The summed E-state index contributed by atoms with van der Waals surface area (Å²) in [5.74, 6) is 0. The third-order valence-corrected chi connectivity index (χ3v) is 4.87. The summed E-state index contributed by atoms with van der Waals surface area (Å²) in [6.45, 7) is 2.83. The Bertz CT molecular complexity index is 711. The van der Waals surface area contributed by atoms with Gasteiger partial charge in [-0.3, -0.25) is 0 Å². The number of carbonyl (C=O) groups excluding carboxylic acids is 1. The van der Waals surface area contributed by atoms with Crippen LogP contribution in [-0.4, -0.2) is 31.1 Å². The summed E-state index contributed by atoms with van der Waals surface area (Å²) in [6.07, 6.45) is 3.87. The van der Waals surface area contributed by atoms with Gasteiger partial charge in [-0.15, -0.1) is 0 Å². The highest BCUT2D eigenvalue weighted by molar-refractivity contribution is 6.33. The summed E-state index contributed by atoms with van der Waals surface area (Å²) in [5.41, 5.74) is 3.01. The molecule has 25 heavy (non-hydrogen) atoms. The van der Waals surface area contributed by atoms with Crippen molar-refractivity contribution in [3.63, 3.8) is 0 Å². The van der Waals surface area contributed by atoms with Gasteiger partial charge in [-0.2, -0.15) is 0 Å². The molecule has 1 aliphatic rings. The highest BCUT2D eigenvalue weighted by Gasteiger charge is 2.13. The lowest BCUT2D eigenvalue weighted by molar-refractivity contribution is 0.220. The summed E-state index contributed by atoms with van der Waals surface area (Å²) in [4.78, 5) is 16.4. The van der Waals surface area contributed by atoms with Crippen molar-refractivity contribution < 1.29 is 4.79 Å². The molecule has 2 amide bonds. The van der Waals surface area contributed by atoms with E-state index in [1.807, 2.05) is 12.1 Å². The van der Waals surface area contributed by atoms with Crippen molar-refractivity contribution in [2.24, 2.45) is 0 Å². The summed E-state index contributed by atoms with van der Waals surface area (Å²) in [6, 6.07) is 15.6. The third-order valence-electron chi connectivity index (χ3n) is 4.54. The van der Waals surface area contributed by atoms with Gasteiger partial charge in [0.25, 0.3) is 0 Å². The van der Waals surface area contributed by atoms with Gasteiger partial charge in [0, 0.05) is 32.4 Å². The molecule has 0 saturated carbocycles. The first-order chi connectivity index (χ1) is 12.1. The second-order valence-corrected chi connectivity index (χ2v) is 6.89. The minimum absolute atomic E-state index is 0.173. The van der Waals surface area contributed by atoms with Crippen LogP contribution < -0.4 is 10.2 Å². The van der Waals surface area contributed by atoms with Crippen LogP contribution in [0.3, 0.4) is 0 Å². The molecule has 0 aliphatic carbocycles. The van der Waals surface area contributed by atoms with Crippen molar-refractivity contribution in [3.8, 4) is 0 Å². The van der Waals surface area contributed by atoms with E-state index in [-0.39, 0.29) is 6.03 Å². The highest BCUT2D eigenvalue weighted by atomic mass is 35.5. The largest absolute Gasteiger partial charge is 0.372 e. The summed E-state index contributed by atoms with van der Waals surface area (Å²) in [7, 11) is 1.78. The SMILES string of the molecule is CN(Cc1ccc(N2CCCCC2)cc1)C(=O)Nc1ccccc1Cl. The fourth-order valence-corrected chi connectivity index (χ4v) is 3.27. The zero-order valence-corrected chi connectivity index (χ0v) is 15.3. The first kappa shape index (κ1) is 17.6. The summed E-state index contributed by atoms with van der Waals surface area (Å²) in [5, 5.41) is 3.38. The Hall–Kier alpha value is -2.20. The van der Waals surface area contributed by atoms with E-state index in [4.69, 9.17) is 11.6 Å². The van der Waals surface area contributed by atoms with Crippen molar-refractivity contribution in [1.82, 2.24) is 4.90 Å². The van der Waals surface area contributed by atoms with E-state index in [1.165, 1.54) is 24.9 Å². The fourth-order valence-electron chi connectivity index (χ4n) is 3.08. The standard InChI is InChI=1S/C20H24ClN3O/c1-23(20(25)22-19-8-4-3-7-18(19)21)15-16-9-11-17(12-10-16)24-13-5-2-6-14-24/h3-4,7-12H,2,5-6,13-15H2,1H3,(H,22,25). The average molecular weight is 358 g/mol. The van der Waals surface area contributed by atoms with Crippen LogP contribution in [0.15, 0.2) is 48.5 Å². The van der Waals surface area contributed by atoms with E-state index < -0.39 is 0 Å². The maximum atomic E-state index is 12.3. The number of amides is 2. The number of nitrogens with one attached hydrogen (secondary N) is 1. The van der Waals surface area contributed by atoms with Gasteiger partial charge in [0.1, 0.15) is 0 Å². The quantitative estimate of drug-likeness (QED) is 0.836. The van der Waals surface area contributed by atoms with Gasteiger partial charge in [-0.05, 0) is 49.1 Å². The number of benzene rings is 2.